The first-order valence-electron chi connectivity index (χ1n) is 8.70. The van der Waals surface area contributed by atoms with Crippen LogP contribution in [-0.4, -0.2) is 31.4 Å². The largest absolute Gasteiger partial charge is 0.351 e. The minimum atomic E-state index is -0.319. The van der Waals surface area contributed by atoms with E-state index in [4.69, 9.17) is 0 Å². The number of benzene rings is 1. The van der Waals surface area contributed by atoms with Crippen molar-refractivity contribution < 1.29 is 9.18 Å². The van der Waals surface area contributed by atoms with Gasteiger partial charge in [0.15, 0.2) is 11.0 Å². The molecule has 8 heteroatoms. The molecule has 3 aromatic rings. The maximum Gasteiger partial charge on any atom is 0.230 e. The van der Waals surface area contributed by atoms with Crippen molar-refractivity contribution in [2.45, 2.75) is 30.6 Å². The van der Waals surface area contributed by atoms with Crippen LogP contribution in [0.2, 0.25) is 0 Å². The molecule has 0 atom stereocenters. The van der Waals surface area contributed by atoms with E-state index in [1.165, 1.54) is 17.8 Å². The smallest absolute Gasteiger partial charge is 0.230 e. The maximum absolute atomic E-state index is 13.6. The minimum Gasteiger partial charge on any atom is -0.351 e. The maximum atomic E-state index is 13.6. The van der Waals surface area contributed by atoms with Crippen molar-refractivity contribution in [3.05, 3.63) is 60.2 Å². The van der Waals surface area contributed by atoms with Crippen LogP contribution in [0, 0.1) is 5.82 Å². The Balaban J connectivity index is 1.40. The molecule has 1 saturated carbocycles. The van der Waals surface area contributed by atoms with Crippen molar-refractivity contribution in [3.8, 4) is 11.4 Å². The Morgan fingerprint density at radius 1 is 1.19 bits per heavy atom. The molecule has 1 amide bonds. The second-order valence-corrected chi connectivity index (χ2v) is 7.24. The summed E-state index contributed by atoms with van der Waals surface area (Å²) in [6, 6.07) is 10.6. The van der Waals surface area contributed by atoms with Crippen molar-refractivity contribution in [1.82, 2.24) is 25.1 Å². The number of pyridine rings is 1. The molecule has 0 bridgehead atoms. The van der Waals surface area contributed by atoms with Crippen LogP contribution >= 0.6 is 11.8 Å². The number of amides is 1. The number of hydrogen-bond acceptors (Lipinski definition) is 5. The van der Waals surface area contributed by atoms with Gasteiger partial charge in [0.05, 0.1) is 5.75 Å². The van der Waals surface area contributed by atoms with E-state index < -0.39 is 0 Å². The number of aromatic nitrogens is 4. The molecule has 0 spiro atoms. The third-order valence-electron chi connectivity index (χ3n) is 4.28. The third kappa shape index (κ3) is 4.16. The highest BCUT2D eigenvalue weighted by Crippen LogP contribution is 2.40. The molecular weight excluding hydrogens is 365 g/mol. The Bertz CT molecular complexity index is 942. The summed E-state index contributed by atoms with van der Waals surface area (Å²) in [7, 11) is 0. The number of hydrogen-bond donors (Lipinski definition) is 1. The van der Waals surface area contributed by atoms with Gasteiger partial charge in [0.2, 0.25) is 5.91 Å². The van der Waals surface area contributed by atoms with Gasteiger partial charge in [-0.2, -0.15) is 0 Å². The van der Waals surface area contributed by atoms with Gasteiger partial charge in [0.1, 0.15) is 5.82 Å². The summed E-state index contributed by atoms with van der Waals surface area (Å²) in [6.45, 7) is 0.170. The zero-order valence-corrected chi connectivity index (χ0v) is 15.3. The molecule has 1 aliphatic rings. The van der Waals surface area contributed by atoms with Gasteiger partial charge in [-0.05, 0) is 31.0 Å². The van der Waals surface area contributed by atoms with E-state index in [0.717, 1.165) is 29.4 Å². The molecule has 2 aromatic heterocycles. The number of halogens is 1. The topological polar surface area (TPSA) is 72.7 Å². The Morgan fingerprint density at radius 2 is 1.96 bits per heavy atom. The third-order valence-corrected chi connectivity index (χ3v) is 5.22. The van der Waals surface area contributed by atoms with E-state index in [1.54, 1.807) is 30.6 Å². The molecule has 0 radical (unpaired) electrons. The van der Waals surface area contributed by atoms with Crippen LogP contribution in [0.4, 0.5) is 4.39 Å². The predicted molar refractivity (Wildman–Crippen MR) is 100 cm³/mol. The van der Waals surface area contributed by atoms with Crippen molar-refractivity contribution in [1.29, 1.82) is 0 Å². The SMILES string of the molecule is O=C(CSc1nnc(-c2ccncc2)n1C1CC1)NCc1ccccc1F. The Labute approximate surface area is 160 Å². The number of nitrogens with zero attached hydrogens (tertiary/aromatic N) is 4. The highest BCUT2D eigenvalue weighted by atomic mass is 32.2. The van der Waals surface area contributed by atoms with E-state index in [0.29, 0.717) is 11.6 Å². The Kier molecular flexibility index (Phi) is 5.15. The summed E-state index contributed by atoms with van der Waals surface area (Å²) in [5, 5.41) is 12.1. The lowest BCUT2D eigenvalue weighted by Gasteiger charge is -2.09. The minimum absolute atomic E-state index is 0.168. The lowest BCUT2D eigenvalue weighted by Crippen LogP contribution is -2.25. The molecule has 0 aliphatic heterocycles. The highest BCUT2D eigenvalue weighted by molar-refractivity contribution is 7.99. The number of rotatable bonds is 7. The van der Waals surface area contributed by atoms with Gasteiger partial charge < -0.3 is 5.32 Å². The molecule has 4 rings (SSSR count). The van der Waals surface area contributed by atoms with Crippen molar-refractivity contribution in [2.75, 3.05) is 5.75 Å². The molecule has 0 saturated heterocycles. The van der Waals surface area contributed by atoms with Crippen molar-refractivity contribution in [2.24, 2.45) is 0 Å². The van der Waals surface area contributed by atoms with Gasteiger partial charge in [-0.25, -0.2) is 4.39 Å². The number of carbonyl (C=O) groups excluding carboxylic acids is 1. The summed E-state index contributed by atoms with van der Waals surface area (Å²) in [4.78, 5) is 16.2. The zero-order chi connectivity index (χ0) is 18.6. The summed E-state index contributed by atoms with van der Waals surface area (Å²) < 4.78 is 15.7. The van der Waals surface area contributed by atoms with E-state index in [2.05, 4.69) is 25.1 Å². The van der Waals surface area contributed by atoms with Crippen LogP contribution in [0.25, 0.3) is 11.4 Å². The Hall–Kier alpha value is -2.74. The van der Waals surface area contributed by atoms with Crippen molar-refractivity contribution in [3.63, 3.8) is 0 Å². The summed E-state index contributed by atoms with van der Waals surface area (Å²) >= 11 is 1.35. The standard InChI is InChI=1S/C19H18FN5OS/c20-16-4-2-1-3-14(16)11-22-17(26)12-27-19-24-23-18(25(19)15-5-6-15)13-7-9-21-10-8-13/h1-4,7-10,15H,5-6,11-12H2,(H,22,26). The van der Waals surface area contributed by atoms with Crippen LogP contribution in [0.3, 0.4) is 0 Å². The van der Waals surface area contributed by atoms with Gasteiger partial charge in [-0.1, -0.05) is 30.0 Å². The summed E-state index contributed by atoms with van der Waals surface area (Å²) in [6.07, 6.45) is 5.63. The molecule has 0 unspecified atom stereocenters. The van der Waals surface area contributed by atoms with Gasteiger partial charge in [0, 0.05) is 36.1 Å². The second-order valence-electron chi connectivity index (χ2n) is 6.30. The highest BCUT2D eigenvalue weighted by Gasteiger charge is 2.30. The van der Waals surface area contributed by atoms with E-state index >= 15 is 0 Å². The summed E-state index contributed by atoms with van der Waals surface area (Å²) in [5.74, 6) is 0.518. The van der Waals surface area contributed by atoms with Crippen molar-refractivity contribution >= 4 is 17.7 Å². The van der Waals surface area contributed by atoms with E-state index in [9.17, 15) is 9.18 Å². The van der Waals surface area contributed by atoms with E-state index in [-0.39, 0.29) is 24.0 Å². The van der Waals surface area contributed by atoms with Gasteiger partial charge >= 0.3 is 0 Å². The molecule has 6 nitrogen and oxygen atoms in total. The van der Waals surface area contributed by atoms with Crippen LogP contribution < -0.4 is 5.32 Å². The summed E-state index contributed by atoms with van der Waals surface area (Å²) in [5.41, 5.74) is 1.43. The average molecular weight is 383 g/mol. The van der Waals surface area contributed by atoms with Crippen LogP contribution in [-0.2, 0) is 11.3 Å². The quantitative estimate of drug-likeness (QED) is 0.634. The fourth-order valence-electron chi connectivity index (χ4n) is 2.75. The van der Waals surface area contributed by atoms with Crippen LogP contribution in [0.15, 0.2) is 53.9 Å². The number of carbonyl (C=O) groups is 1. The van der Waals surface area contributed by atoms with Crippen LogP contribution in [0.1, 0.15) is 24.4 Å². The number of nitrogens with one attached hydrogen (secondary N) is 1. The molecule has 1 aliphatic carbocycles. The predicted octanol–water partition coefficient (Wildman–Crippen LogP) is 3.22. The van der Waals surface area contributed by atoms with Crippen LogP contribution in [0.5, 0.6) is 0 Å². The second kappa shape index (κ2) is 7.87. The fourth-order valence-corrected chi connectivity index (χ4v) is 3.59. The lowest BCUT2D eigenvalue weighted by atomic mass is 10.2. The molecule has 27 heavy (non-hydrogen) atoms. The molecule has 2 heterocycles. The molecule has 1 N–H and O–H groups in total. The number of thioether (sulfide) groups is 1. The van der Waals surface area contributed by atoms with Gasteiger partial charge in [-0.15, -0.1) is 10.2 Å². The fraction of sp³-hybridized carbons (Fsp3) is 0.263. The normalized spacial score (nSPS) is 13.5. The average Bonchev–Trinajstić information content (AvgIpc) is 3.45. The zero-order valence-electron chi connectivity index (χ0n) is 14.5. The van der Waals surface area contributed by atoms with Gasteiger partial charge in [0.25, 0.3) is 0 Å². The van der Waals surface area contributed by atoms with E-state index in [1.807, 2.05) is 12.1 Å². The van der Waals surface area contributed by atoms with Gasteiger partial charge in [-0.3, -0.25) is 14.3 Å². The molecule has 1 aromatic carbocycles. The first kappa shape index (κ1) is 17.7. The molecular formula is C19H18FN5OS. The molecule has 1 fully saturated rings. The monoisotopic (exact) mass is 383 g/mol. The first-order valence-corrected chi connectivity index (χ1v) is 9.69. The molecule has 138 valence electrons. The Morgan fingerprint density at radius 3 is 2.70 bits per heavy atom. The lowest BCUT2D eigenvalue weighted by molar-refractivity contribution is -0.118. The first-order chi connectivity index (χ1) is 13.2.